The number of nitrogens with zero attached hydrogens (tertiary/aromatic N) is 2. The number of amides is 2. The zero-order chi connectivity index (χ0) is 25.8. The molecule has 37 heavy (non-hydrogen) atoms. The molecule has 0 bridgehead atoms. The second-order valence-corrected chi connectivity index (χ2v) is 9.95. The first-order valence-corrected chi connectivity index (χ1v) is 13.1. The Bertz CT molecular complexity index is 1260. The van der Waals surface area contributed by atoms with Crippen molar-refractivity contribution in [1.29, 1.82) is 0 Å². The number of thiophene rings is 1. The van der Waals surface area contributed by atoms with Crippen LogP contribution in [-0.4, -0.2) is 68.9 Å². The molecule has 2 aliphatic rings. The van der Waals surface area contributed by atoms with Crippen LogP contribution in [0.5, 0.6) is 17.2 Å². The van der Waals surface area contributed by atoms with E-state index >= 15 is 0 Å². The Balaban J connectivity index is 1.40. The molecule has 9 heteroatoms. The van der Waals surface area contributed by atoms with E-state index in [1.807, 2.05) is 29.2 Å². The Hall–Kier alpha value is -3.56. The van der Waals surface area contributed by atoms with E-state index in [2.05, 4.69) is 11.4 Å². The van der Waals surface area contributed by atoms with Gasteiger partial charge in [-0.1, -0.05) is 12.1 Å². The molecule has 0 N–H and O–H groups in total. The summed E-state index contributed by atoms with van der Waals surface area (Å²) in [4.78, 5) is 32.2. The maximum Gasteiger partial charge on any atom is 0.254 e. The lowest BCUT2D eigenvalue weighted by Gasteiger charge is -2.37. The summed E-state index contributed by atoms with van der Waals surface area (Å²) in [6.07, 6.45) is 1.42. The van der Waals surface area contributed by atoms with Gasteiger partial charge in [0.05, 0.1) is 13.2 Å². The molecule has 0 fully saturated rings. The van der Waals surface area contributed by atoms with Gasteiger partial charge in [0.1, 0.15) is 12.3 Å². The lowest BCUT2D eigenvalue weighted by Crippen LogP contribution is -2.47. The van der Waals surface area contributed by atoms with Gasteiger partial charge in [0.2, 0.25) is 12.7 Å². The minimum Gasteiger partial charge on any atom is -0.497 e. The Morgan fingerprint density at radius 2 is 1.89 bits per heavy atom. The summed E-state index contributed by atoms with van der Waals surface area (Å²) < 4.78 is 21.4. The van der Waals surface area contributed by atoms with Gasteiger partial charge >= 0.3 is 0 Å². The van der Waals surface area contributed by atoms with Gasteiger partial charge in [-0.3, -0.25) is 9.59 Å². The van der Waals surface area contributed by atoms with Crippen LogP contribution in [0.4, 0.5) is 0 Å². The Labute approximate surface area is 220 Å². The summed E-state index contributed by atoms with van der Waals surface area (Å²) in [7, 11) is 3.26. The van der Waals surface area contributed by atoms with Crippen LogP contribution < -0.4 is 14.2 Å². The normalized spacial score (nSPS) is 15.8. The Morgan fingerprint density at radius 1 is 1.08 bits per heavy atom. The summed E-state index contributed by atoms with van der Waals surface area (Å²) in [5.74, 6) is 1.60. The van der Waals surface area contributed by atoms with Crippen molar-refractivity contribution in [2.75, 3.05) is 47.3 Å². The van der Waals surface area contributed by atoms with E-state index in [4.69, 9.17) is 18.9 Å². The van der Waals surface area contributed by atoms with Gasteiger partial charge in [0, 0.05) is 37.2 Å². The number of carbonyl (C=O) groups is 2. The average Bonchev–Trinajstić information content (AvgIpc) is 3.60. The van der Waals surface area contributed by atoms with Crippen molar-refractivity contribution >= 4 is 23.2 Å². The van der Waals surface area contributed by atoms with E-state index in [0.717, 1.165) is 23.3 Å². The van der Waals surface area contributed by atoms with Gasteiger partial charge in [-0.15, -0.1) is 11.3 Å². The minimum atomic E-state index is -0.225. The fraction of sp³-hybridized carbons (Fsp3) is 0.357. The highest BCUT2D eigenvalue weighted by molar-refractivity contribution is 7.10. The lowest BCUT2D eigenvalue weighted by molar-refractivity contribution is -0.134. The number of benzene rings is 2. The number of methoxy groups -OCH3 is 2. The zero-order valence-corrected chi connectivity index (χ0v) is 21.8. The molecule has 0 aliphatic carbocycles. The van der Waals surface area contributed by atoms with E-state index < -0.39 is 0 Å². The maximum atomic E-state index is 13.8. The number of rotatable bonds is 9. The van der Waals surface area contributed by atoms with Crippen molar-refractivity contribution in [3.63, 3.8) is 0 Å². The highest BCUT2D eigenvalue weighted by atomic mass is 32.1. The second kappa shape index (κ2) is 11.2. The molecule has 0 saturated carbocycles. The van der Waals surface area contributed by atoms with Crippen molar-refractivity contribution in [2.24, 2.45) is 0 Å². The molecule has 194 valence electrons. The topological polar surface area (TPSA) is 77.5 Å². The average molecular weight is 523 g/mol. The molecule has 2 aliphatic heterocycles. The highest BCUT2D eigenvalue weighted by Gasteiger charge is 2.34. The van der Waals surface area contributed by atoms with Crippen molar-refractivity contribution in [2.45, 2.75) is 18.9 Å². The van der Waals surface area contributed by atoms with Crippen LogP contribution in [-0.2, 0) is 16.0 Å². The molecule has 3 aromatic rings. The summed E-state index contributed by atoms with van der Waals surface area (Å²) in [6.45, 7) is 1.60. The molecule has 1 unspecified atom stereocenters. The second-order valence-electron chi connectivity index (χ2n) is 8.95. The molecular weight excluding hydrogens is 492 g/mol. The first kappa shape index (κ1) is 25.1. The largest absolute Gasteiger partial charge is 0.497 e. The molecular formula is C28H30N2O6S. The van der Waals surface area contributed by atoms with Gasteiger partial charge in [0.15, 0.2) is 11.5 Å². The van der Waals surface area contributed by atoms with Crippen LogP contribution in [0.2, 0.25) is 0 Å². The number of fused-ring (bicyclic) bond motifs is 2. The Kier molecular flexibility index (Phi) is 7.62. The van der Waals surface area contributed by atoms with E-state index in [9.17, 15) is 9.59 Å². The van der Waals surface area contributed by atoms with Gasteiger partial charge in [0.25, 0.3) is 5.91 Å². The van der Waals surface area contributed by atoms with E-state index in [1.165, 1.54) is 4.88 Å². The predicted octanol–water partition coefficient (Wildman–Crippen LogP) is 4.14. The van der Waals surface area contributed by atoms with Gasteiger partial charge in [-0.25, -0.2) is 0 Å². The summed E-state index contributed by atoms with van der Waals surface area (Å²) in [5, 5.41) is 2.08. The minimum absolute atomic E-state index is 0.0247. The summed E-state index contributed by atoms with van der Waals surface area (Å²) in [6, 6.07) is 14.8. The molecule has 0 radical (unpaired) electrons. The summed E-state index contributed by atoms with van der Waals surface area (Å²) in [5.41, 5.74) is 2.62. The molecule has 2 aromatic carbocycles. The SMILES string of the molecule is COCCCN(CC(=O)N1CCc2sccc2C1c1ccc(OC)cc1)C(=O)c1ccc2c(c1)OCO2. The van der Waals surface area contributed by atoms with Crippen LogP contribution in [0.15, 0.2) is 53.9 Å². The molecule has 1 atom stereocenters. The number of ether oxygens (including phenoxy) is 4. The van der Waals surface area contributed by atoms with E-state index in [-0.39, 0.29) is 31.2 Å². The van der Waals surface area contributed by atoms with Gasteiger partial charge < -0.3 is 28.7 Å². The fourth-order valence-electron chi connectivity index (χ4n) is 4.85. The number of carbonyl (C=O) groups excluding carboxylic acids is 2. The highest BCUT2D eigenvalue weighted by Crippen LogP contribution is 2.38. The first-order valence-electron chi connectivity index (χ1n) is 12.3. The van der Waals surface area contributed by atoms with Crippen LogP contribution in [0, 0.1) is 0 Å². The van der Waals surface area contributed by atoms with Crippen molar-refractivity contribution in [3.8, 4) is 17.2 Å². The number of hydrogen-bond donors (Lipinski definition) is 0. The fourth-order valence-corrected chi connectivity index (χ4v) is 5.75. The molecule has 0 spiro atoms. The molecule has 1 aromatic heterocycles. The third kappa shape index (κ3) is 5.28. The standard InChI is InChI=1S/C28H30N2O6S/c1-33-14-3-12-29(28(32)20-6-9-23-24(16-20)36-18-35-23)17-26(31)30-13-10-25-22(11-15-37-25)27(30)19-4-7-21(34-2)8-5-19/h4-9,11,15-16,27H,3,10,12-14,17-18H2,1-2H3. The Morgan fingerprint density at radius 3 is 2.68 bits per heavy atom. The van der Waals surface area contributed by atoms with Crippen molar-refractivity contribution in [1.82, 2.24) is 9.80 Å². The van der Waals surface area contributed by atoms with Crippen LogP contribution in [0.1, 0.15) is 38.8 Å². The third-order valence-corrected chi connectivity index (χ3v) is 7.72. The molecule has 0 saturated heterocycles. The van der Waals surface area contributed by atoms with Crippen LogP contribution in [0.3, 0.4) is 0 Å². The zero-order valence-electron chi connectivity index (χ0n) is 21.0. The van der Waals surface area contributed by atoms with Gasteiger partial charge in [-0.05, 0) is 65.7 Å². The van der Waals surface area contributed by atoms with E-state index in [0.29, 0.717) is 43.2 Å². The lowest BCUT2D eigenvalue weighted by atomic mass is 9.93. The van der Waals surface area contributed by atoms with Crippen molar-refractivity contribution in [3.05, 3.63) is 75.5 Å². The van der Waals surface area contributed by atoms with Crippen LogP contribution >= 0.6 is 11.3 Å². The van der Waals surface area contributed by atoms with Gasteiger partial charge in [-0.2, -0.15) is 0 Å². The monoisotopic (exact) mass is 522 g/mol. The molecule has 5 rings (SSSR count). The smallest absolute Gasteiger partial charge is 0.254 e. The van der Waals surface area contributed by atoms with Crippen LogP contribution in [0.25, 0.3) is 0 Å². The van der Waals surface area contributed by atoms with E-state index in [1.54, 1.807) is 48.7 Å². The maximum absolute atomic E-state index is 13.8. The molecule has 2 amide bonds. The van der Waals surface area contributed by atoms with Crippen molar-refractivity contribution < 1.29 is 28.5 Å². The third-order valence-electron chi connectivity index (χ3n) is 6.73. The summed E-state index contributed by atoms with van der Waals surface area (Å²) >= 11 is 1.72. The molecule has 3 heterocycles. The first-order chi connectivity index (χ1) is 18.1. The quantitative estimate of drug-likeness (QED) is 0.393. The number of hydrogen-bond acceptors (Lipinski definition) is 7. The molecule has 8 nitrogen and oxygen atoms in total. The predicted molar refractivity (Wildman–Crippen MR) is 140 cm³/mol.